The molecule has 2 atom stereocenters. The number of ether oxygens (including phenoxy) is 2. The normalized spacial score (nSPS) is 13.0. The Kier molecular flexibility index (Phi) is 9.78. The minimum atomic E-state index is -4.75. The Morgan fingerprint density at radius 2 is 1.00 bits per heavy atom. The smallest absolute Gasteiger partial charge is 0.341 e. The largest absolute Gasteiger partial charge is 0.450 e. The molecule has 36 heavy (non-hydrogen) atoms. The van der Waals surface area contributed by atoms with Gasteiger partial charge in [-0.05, 0) is 38.1 Å². The third-order valence-corrected chi connectivity index (χ3v) is 7.04. The first-order chi connectivity index (χ1) is 16.9. The summed E-state index contributed by atoms with van der Waals surface area (Å²) in [6.07, 6.45) is 5.22. The molecule has 0 fully saturated rings. The Hall–Kier alpha value is -3.68. The summed E-state index contributed by atoms with van der Waals surface area (Å²) >= 11 is 0. The van der Waals surface area contributed by atoms with Crippen molar-refractivity contribution in [3.8, 4) is 24.7 Å². The molecular weight excluding hydrogens is 512 g/mol. The second kappa shape index (κ2) is 12.3. The van der Waals surface area contributed by atoms with Gasteiger partial charge in [-0.25, -0.2) is 18.0 Å². The number of terminal acetylenes is 2. The summed E-state index contributed by atoms with van der Waals surface area (Å²) in [5.74, 6) is 0.982. The zero-order valence-corrected chi connectivity index (χ0v) is 20.9. The number of rotatable bonds is 11. The van der Waals surface area contributed by atoms with Crippen LogP contribution in [0.4, 0.5) is 0 Å². The van der Waals surface area contributed by atoms with E-state index in [0.29, 0.717) is 0 Å². The molecular formula is C24H22O10S2. The van der Waals surface area contributed by atoms with Gasteiger partial charge in [0.05, 0.1) is 9.79 Å². The van der Waals surface area contributed by atoms with Gasteiger partial charge < -0.3 is 9.47 Å². The van der Waals surface area contributed by atoms with Gasteiger partial charge in [-0.2, -0.15) is 16.8 Å². The second-order valence-corrected chi connectivity index (χ2v) is 10.3. The van der Waals surface area contributed by atoms with Crippen LogP contribution < -0.4 is 0 Å². The Morgan fingerprint density at radius 3 is 1.28 bits per heavy atom. The second-order valence-electron chi connectivity index (χ2n) is 7.19. The molecule has 0 aliphatic rings. The van der Waals surface area contributed by atoms with Crippen LogP contribution in [0.5, 0.6) is 0 Å². The number of aryl methyl sites for hydroxylation is 2. The molecule has 0 amide bonds. The fourth-order valence-corrected chi connectivity index (χ4v) is 4.68. The van der Waals surface area contributed by atoms with Gasteiger partial charge in [0.2, 0.25) is 12.2 Å². The van der Waals surface area contributed by atoms with Crippen LogP contribution in [0, 0.1) is 38.5 Å². The summed E-state index contributed by atoms with van der Waals surface area (Å²) in [5.41, 5.74) is 1.45. The first-order valence-corrected chi connectivity index (χ1v) is 12.9. The van der Waals surface area contributed by atoms with Crippen LogP contribution >= 0.6 is 0 Å². The first-order valence-electron chi connectivity index (χ1n) is 10.1. The van der Waals surface area contributed by atoms with E-state index < -0.39 is 57.6 Å². The van der Waals surface area contributed by atoms with E-state index in [1.165, 1.54) is 48.5 Å². The molecule has 0 saturated heterocycles. The molecule has 2 rings (SSSR count). The van der Waals surface area contributed by atoms with E-state index in [0.717, 1.165) is 11.1 Å². The van der Waals surface area contributed by atoms with E-state index in [4.69, 9.17) is 30.7 Å². The van der Waals surface area contributed by atoms with Gasteiger partial charge in [0.25, 0.3) is 20.2 Å². The molecule has 10 nitrogen and oxygen atoms in total. The number of esters is 2. The number of hydrogen-bond donors (Lipinski definition) is 0. The lowest BCUT2D eigenvalue weighted by atomic mass is 10.2. The first kappa shape index (κ1) is 28.6. The zero-order valence-electron chi connectivity index (χ0n) is 19.2. The van der Waals surface area contributed by atoms with Gasteiger partial charge in [0.15, 0.2) is 13.2 Å². The highest BCUT2D eigenvalue weighted by Gasteiger charge is 2.45. The monoisotopic (exact) mass is 534 g/mol. The van der Waals surface area contributed by atoms with E-state index in [-0.39, 0.29) is 9.79 Å². The van der Waals surface area contributed by atoms with Crippen molar-refractivity contribution >= 4 is 32.2 Å². The highest BCUT2D eigenvalue weighted by molar-refractivity contribution is 7.87. The van der Waals surface area contributed by atoms with Crippen LogP contribution in [0.1, 0.15) is 11.1 Å². The van der Waals surface area contributed by atoms with E-state index >= 15 is 0 Å². The molecule has 0 saturated carbocycles. The van der Waals surface area contributed by atoms with Crippen LogP contribution in [0.2, 0.25) is 0 Å². The van der Waals surface area contributed by atoms with Crippen LogP contribution in [-0.4, -0.2) is 54.2 Å². The number of hydrogen-bond acceptors (Lipinski definition) is 10. The van der Waals surface area contributed by atoms with Crippen LogP contribution in [-0.2, 0) is 47.7 Å². The average Bonchev–Trinajstić information content (AvgIpc) is 2.83. The van der Waals surface area contributed by atoms with E-state index in [9.17, 15) is 26.4 Å². The molecule has 0 heterocycles. The SMILES string of the molecule is C#CCOC(=O)C(OS(=O)(=O)c1ccc(C)cc1)C(OS(=O)(=O)c1ccc(C)cc1)C(=O)OCC#C. The van der Waals surface area contributed by atoms with Gasteiger partial charge >= 0.3 is 11.9 Å². The van der Waals surface area contributed by atoms with Crippen LogP contribution in [0.15, 0.2) is 58.3 Å². The van der Waals surface area contributed by atoms with Crippen molar-refractivity contribution in [1.82, 2.24) is 0 Å². The van der Waals surface area contributed by atoms with Gasteiger partial charge in [-0.1, -0.05) is 47.2 Å². The molecule has 0 aromatic heterocycles. The maximum Gasteiger partial charge on any atom is 0.341 e. The van der Waals surface area contributed by atoms with Crippen LogP contribution in [0.25, 0.3) is 0 Å². The van der Waals surface area contributed by atoms with E-state index in [1.807, 2.05) is 11.8 Å². The fraction of sp³-hybridized carbons (Fsp3) is 0.250. The van der Waals surface area contributed by atoms with E-state index in [1.54, 1.807) is 13.8 Å². The lowest BCUT2D eigenvalue weighted by Crippen LogP contribution is -2.47. The van der Waals surface area contributed by atoms with Crippen molar-refractivity contribution in [3.63, 3.8) is 0 Å². The Morgan fingerprint density at radius 1 is 0.694 bits per heavy atom. The van der Waals surface area contributed by atoms with Crippen molar-refractivity contribution in [1.29, 1.82) is 0 Å². The van der Waals surface area contributed by atoms with Crippen molar-refractivity contribution in [3.05, 3.63) is 59.7 Å². The molecule has 0 bridgehead atoms. The summed E-state index contributed by atoms with van der Waals surface area (Å²) < 4.78 is 71.0. The third-order valence-electron chi connectivity index (χ3n) is 4.42. The zero-order chi connectivity index (χ0) is 26.9. The third kappa shape index (κ3) is 7.66. The minimum Gasteiger partial charge on any atom is -0.450 e. The Balaban J connectivity index is 2.55. The Bertz CT molecular complexity index is 1270. The molecule has 2 unspecified atom stereocenters. The molecule has 0 radical (unpaired) electrons. The highest BCUT2D eigenvalue weighted by atomic mass is 32.2. The van der Waals surface area contributed by atoms with Gasteiger partial charge in [0.1, 0.15) is 0 Å². The Labute approximate surface area is 209 Å². The predicted molar refractivity (Wildman–Crippen MR) is 126 cm³/mol. The summed E-state index contributed by atoms with van der Waals surface area (Å²) in [7, 11) is -9.49. The number of carbonyl (C=O) groups is 2. The fourth-order valence-electron chi connectivity index (χ4n) is 2.61. The molecule has 0 N–H and O–H groups in total. The van der Waals surface area contributed by atoms with Crippen molar-refractivity contribution in [2.75, 3.05) is 13.2 Å². The maximum absolute atomic E-state index is 12.9. The van der Waals surface area contributed by atoms with Crippen molar-refractivity contribution in [2.45, 2.75) is 35.8 Å². The maximum atomic E-state index is 12.9. The summed E-state index contributed by atoms with van der Waals surface area (Å²) in [6, 6.07) is 10.6. The van der Waals surface area contributed by atoms with Crippen molar-refractivity contribution in [2.24, 2.45) is 0 Å². The highest BCUT2D eigenvalue weighted by Crippen LogP contribution is 2.23. The average molecular weight is 535 g/mol. The quantitative estimate of drug-likeness (QED) is 0.237. The summed E-state index contributed by atoms with van der Waals surface area (Å²) in [6.45, 7) is 2.14. The number of benzene rings is 2. The molecule has 2 aromatic rings. The van der Waals surface area contributed by atoms with Gasteiger partial charge in [-0.15, -0.1) is 12.8 Å². The summed E-state index contributed by atoms with van der Waals surface area (Å²) in [4.78, 5) is 24.7. The predicted octanol–water partition coefficient (Wildman–Crippen LogP) is 1.50. The number of carbonyl (C=O) groups excluding carboxylic acids is 2. The molecule has 2 aromatic carbocycles. The summed E-state index contributed by atoms with van der Waals surface area (Å²) in [5, 5.41) is 0. The molecule has 0 aliphatic heterocycles. The standard InChI is InChI=1S/C24H22O10S2/c1-5-15-31-23(25)21(33-35(27,28)19-11-7-17(3)8-12-19)22(24(26)32-16-6-2)34-36(29,30)20-13-9-18(4)10-14-20/h1-2,7-14,21-22H,15-16H2,3-4H3. The van der Waals surface area contributed by atoms with Crippen LogP contribution in [0.3, 0.4) is 0 Å². The van der Waals surface area contributed by atoms with Gasteiger partial charge in [-0.3, -0.25) is 0 Å². The molecule has 190 valence electrons. The van der Waals surface area contributed by atoms with Gasteiger partial charge in [0, 0.05) is 0 Å². The molecule has 0 spiro atoms. The van der Waals surface area contributed by atoms with E-state index in [2.05, 4.69) is 0 Å². The minimum absolute atomic E-state index is 0.389. The van der Waals surface area contributed by atoms with Crippen molar-refractivity contribution < 1.29 is 44.3 Å². The molecule has 0 aliphatic carbocycles. The molecule has 12 heteroatoms. The lowest BCUT2D eigenvalue weighted by Gasteiger charge is -2.23. The lowest BCUT2D eigenvalue weighted by molar-refractivity contribution is -0.166. The topological polar surface area (TPSA) is 139 Å².